The van der Waals surface area contributed by atoms with Crippen LogP contribution in [0.5, 0.6) is 0 Å². The summed E-state index contributed by atoms with van der Waals surface area (Å²) in [5.74, 6) is -0.483. The average Bonchev–Trinajstić information content (AvgIpc) is 2.10. The smallest absolute Gasteiger partial charge is 0.244 e. The molecule has 0 heterocycles. The van der Waals surface area contributed by atoms with Crippen molar-refractivity contribution in [1.29, 1.82) is 0 Å². The number of hydrazine groups is 1. The van der Waals surface area contributed by atoms with Crippen LogP contribution >= 0.6 is 12.2 Å². The first kappa shape index (κ1) is 13.7. The molecule has 0 aromatic heterocycles. The van der Waals surface area contributed by atoms with Crippen LogP contribution in [0.25, 0.3) is 0 Å². The van der Waals surface area contributed by atoms with Gasteiger partial charge in [0.2, 0.25) is 5.91 Å². The predicted octanol–water partition coefficient (Wildman–Crippen LogP) is 0.230. The van der Waals surface area contributed by atoms with E-state index in [9.17, 15) is 4.79 Å². The first-order valence-corrected chi connectivity index (χ1v) is 4.75. The van der Waals surface area contributed by atoms with Gasteiger partial charge in [-0.05, 0) is 19.9 Å². The number of allylic oxidation sites excluding steroid dienone is 1. The highest BCUT2D eigenvalue weighted by Gasteiger charge is 2.03. The number of amides is 1. The molecule has 0 rings (SSSR count). The fourth-order valence-electron chi connectivity index (χ4n) is 0.643. The van der Waals surface area contributed by atoms with E-state index in [0.717, 1.165) is 0 Å². The molecule has 84 valence electrons. The fourth-order valence-corrected chi connectivity index (χ4v) is 0.747. The van der Waals surface area contributed by atoms with E-state index in [4.69, 9.17) is 18.0 Å². The van der Waals surface area contributed by atoms with Crippen molar-refractivity contribution in [2.45, 2.75) is 13.8 Å². The Hall–Kier alpha value is -1.27. The number of nitrogens with one attached hydrogen (secondary N) is 1. The fraction of sp³-hybridized carbons (Fsp3) is 0.444. The molecule has 0 spiro atoms. The summed E-state index contributed by atoms with van der Waals surface area (Å²) < 4.78 is 0. The summed E-state index contributed by atoms with van der Waals surface area (Å²) in [5, 5.41) is 5.67. The third kappa shape index (κ3) is 5.92. The van der Waals surface area contributed by atoms with Crippen LogP contribution in [0.1, 0.15) is 13.8 Å². The molecule has 0 aliphatic carbocycles. The molecule has 5 nitrogen and oxygen atoms in total. The van der Waals surface area contributed by atoms with E-state index in [0.29, 0.717) is 16.1 Å². The van der Waals surface area contributed by atoms with Gasteiger partial charge < -0.3 is 5.73 Å². The van der Waals surface area contributed by atoms with E-state index in [1.165, 1.54) is 0 Å². The molecule has 0 aromatic carbocycles. The second kappa shape index (κ2) is 6.26. The molecule has 1 amide bonds. The van der Waals surface area contributed by atoms with E-state index in [1.807, 2.05) is 0 Å². The van der Waals surface area contributed by atoms with Gasteiger partial charge in [0.15, 0.2) is 0 Å². The molecule has 6 heteroatoms. The maximum absolute atomic E-state index is 10.8. The first-order valence-electron chi connectivity index (χ1n) is 4.34. The first-order chi connectivity index (χ1) is 6.84. The summed E-state index contributed by atoms with van der Waals surface area (Å²) in [7, 11) is 3.59. The zero-order valence-electron chi connectivity index (χ0n) is 9.37. The van der Waals surface area contributed by atoms with E-state index >= 15 is 0 Å². The molecule has 0 fully saturated rings. The number of nitrogens with two attached hydrogens (primary N) is 1. The van der Waals surface area contributed by atoms with Gasteiger partial charge in [-0.15, -0.1) is 0 Å². The molecule has 15 heavy (non-hydrogen) atoms. The van der Waals surface area contributed by atoms with E-state index < -0.39 is 5.91 Å². The number of hydrogen-bond donors (Lipinski definition) is 2. The highest BCUT2D eigenvalue weighted by molar-refractivity contribution is 7.82. The van der Waals surface area contributed by atoms with Crippen LogP contribution in [0.3, 0.4) is 0 Å². The lowest BCUT2D eigenvalue weighted by Crippen LogP contribution is -2.27. The molecule has 0 bridgehead atoms. The molecule has 0 atom stereocenters. The molecule has 0 aliphatic rings. The summed E-state index contributed by atoms with van der Waals surface area (Å²) in [6.45, 7) is 3.35. The van der Waals surface area contributed by atoms with Crippen molar-refractivity contribution >= 4 is 28.7 Å². The van der Waals surface area contributed by atoms with Crippen molar-refractivity contribution in [2.24, 2.45) is 10.8 Å². The van der Waals surface area contributed by atoms with Gasteiger partial charge in [0, 0.05) is 24.5 Å². The Morgan fingerprint density at radius 1 is 1.47 bits per heavy atom. The minimum atomic E-state index is -0.483. The average molecular weight is 228 g/mol. The lowest BCUT2D eigenvalue weighted by molar-refractivity contribution is -0.114. The second-order valence-electron chi connectivity index (χ2n) is 3.24. The Morgan fingerprint density at radius 3 is 2.33 bits per heavy atom. The number of hydrazone groups is 1. The van der Waals surface area contributed by atoms with Crippen LogP contribution in [-0.4, -0.2) is 35.6 Å². The van der Waals surface area contributed by atoms with E-state index in [1.54, 1.807) is 39.0 Å². The molecular formula is C9H16N4OS. The minimum absolute atomic E-state index is 0.415. The van der Waals surface area contributed by atoms with Crippen molar-refractivity contribution in [1.82, 2.24) is 10.5 Å². The Morgan fingerprint density at radius 2 is 2.00 bits per heavy atom. The van der Waals surface area contributed by atoms with Crippen LogP contribution in [0.15, 0.2) is 16.8 Å². The molecule has 0 saturated heterocycles. The van der Waals surface area contributed by atoms with Gasteiger partial charge in [-0.1, -0.05) is 12.2 Å². The number of rotatable bonds is 5. The molecule has 0 saturated carbocycles. The van der Waals surface area contributed by atoms with Gasteiger partial charge in [0.25, 0.3) is 0 Å². The van der Waals surface area contributed by atoms with E-state index in [2.05, 4.69) is 10.6 Å². The van der Waals surface area contributed by atoms with Gasteiger partial charge in [-0.25, -0.2) is 10.5 Å². The number of carbonyl (C=O) groups excluding carboxylic acids is 1. The Labute approximate surface area is 95.0 Å². The van der Waals surface area contributed by atoms with Crippen molar-refractivity contribution < 1.29 is 4.79 Å². The summed E-state index contributed by atoms with van der Waals surface area (Å²) in [6.07, 6.45) is 1.56. The number of nitrogens with zero attached hydrogens (tertiary/aromatic N) is 2. The summed E-state index contributed by atoms with van der Waals surface area (Å²) >= 11 is 4.99. The van der Waals surface area contributed by atoms with Crippen LogP contribution in [0.4, 0.5) is 0 Å². The van der Waals surface area contributed by atoms with Crippen LogP contribution in [0, 0.1) is 0 Å². The molecule has 0 unspecified atom stereocenters. The number of carbonyl (C=O) groups is 1. The van der Waals surface area contributed by atoms with Gasteiger partial charge in [-0.3, -0.25) is 4.79 Å². The number of primary amides is 1. The van der Waals surface area contributed by atoms with Crippen molar-refractivity contribution in [3.8, 4) is 0 Å². The van der Waals surface area contributed by atoms with Gasteiger partial charge >= 0.3 is 0 Å². The molecule has 0 radical (unpaired) electrons. The number of hydrogen-bond acceptors (Lipinski definition) is 5. The second-order valence-corrected chi connectivity index (χ2v) is 3.85. The monoisotopic (exact) mass is 228 g/mol. The van der Waals surface area contributed by atoms with Crippen LogP contribution in [-0.2, 0) is 4.79 Å². The lowest BCUT2D eigenvalue weighted by Gasteiger charge is -2.09. The van der Waals surface area contributed by atoms with Crippen LogP contribution < -0.4 is 11.3 Å². The van der Waals surface area contributed by atoms with Gasteiger partial charge in [-0.2, -0.15) is 5.10 Å². The SMILES string of the molecule is CC(=S)C(/C=C(\C)C(N)=O)=NNN(C)C. The van der Waals surface area contributed by atoms with E-state index in [-0.39, 0.29) is 0 Å². The third-order valence-corrected chi connectivity index (χ3v) is 1.68. The quantitative estimate of drug-likeness (QED) is 0.306. The summed E-state index contributed by atoms with van der Waals surface area (Å²) in [6, 6.07) is 0. The molecule has 3 N–H and O–H groups in total. The predicted molar refractivity (Wildman–Crippen MR) is 65.5 cm³/mol. The van der Waals surface area contributed by atoms with Gasteiger partial charge in [0.05, 0.1) is 5.71 Å². The standard InChI is InChI=1S/C9H16N4OS/c1-6(9(10)14)5-8(7(2)15)11-12-13(3)4/h5,12H,1-4H3,(H2,10,14)/b6-5+,11-8?. The zero-order valence-corrected chi connectivity index (χ0v) is 10.2. The van der Waals surface area contributed by atoms with Crippen molar-refractivity contribution in [2.75, 3.05) is 14.1 Å². The maximum Gasteiger partial charge on any atom is 0.244 e. The Balaban J connectivity index is 4.84. The Kier molecular flexibility index (Phi) is 5.73. The Bertz CT molecular complexity index is 320. The van der Waals surface area contributed by atoms with Crippen LogP contribution in [0.2, 0.25) is 0 Å². The van der Waals surface area contributed by atoms with Gasteiger partial charge in [0.1, 0.15) is 0 Å². The molecular weight excluding hydrogens is 212 g/mol. The summed E-state index contributed by atoms with van der Waals surface area (Å²) in [4.78, 5) is 11.4. The topological polar surface area (TPSA) is 70.7 Å². The molecule has 0 aliphatic heterocycles. The number of thiocarbonyl (C=S) groups is 1. The zero-order chi connectivity index (χ0) is 12.0. The summed E-state index contributed by atoms with van der Waals surface area (Å²) in [5.41, 5.74) is 8.75. The highest BCUT2D eigenvalue weighted by Crippen LogP contribution is 1.95. The van der Waals surface area contributed by atoms with Crippen molar-refractivity contribution in [3.05, 3.63) is 11.6 Å². The van der Waals surface area contributed by atoms with Crippen molar-refractivity contribution in [3.63, 3.8) is 0 Å². The highest BCUT2D eigenvalue weighted by atomic mass is 32.1. The normalized spacial score (nSPS) is 12.9. The minimum Gasteiger partial charge on any atom is -0.366 e. The largest absolute Gasteiger partial charge is 0.366 e. The third-order valence-electron chi connectivity index (χ3n) is 1.47. The lowest BCUT2D eigenvalue weighted by atomic mass is 10.2. The maximum atomic E-state index is 10.8. The molecule has 0 aromatic rings.